The average Bonchev–Trinajstić information content (AvgIpc) is 3.22. The summed E-state index contributed by atoms with van der Waals surface area (Å²) in [6.45, 7) is 1.41. The number of imide groups is 1. The third kappa shape index (κ3) is 6.36. The summed E-state index contributed by atoms with van der Waals surface area (Å²) in [4.78, 5) is 44.3. The highest BCUT2D eigenvalue weighted by Gasteiger charge is 2.22. The molecule has 2 N–H and O–H groups in total. The SMILES string of the molecule is C[C@@H](OC(=O)CCc1nc(-c2ccccn2)no1)C(=O)NC(=O)NC1CCCCC1. The summed E-state index contributed by atoms with van der Waals surface area (Å²) in [6, 6.07) is 4.83. The predicted octanol–water partition coefficient (Wildman–Crippen LogP) is 2.15. The molecule has 0 unspecified atom stereocenters. The van der Waals surface area contributed by atoms with Crippen LogP contribution in [0.5, 0.6) is 0 Å². The second-order valence-corrected chi connectivity index (χ2v) is 7.16. The number of nitrogens with zero attached hydrogens (tertiary/aromatic N) is 3. The van der Waals surface area contributed by atoms with Gasteiger partial charge < -0.3 is 14.6 Å². The number of pyridine rings is 1. The lowest BCUT2D eigenvalue weighted by Gasteiger charge is -2.23. The molecule has 2 aromatic heterocycles. The fourth-order valence-electron chi connectivity index (χ4n) is 3.16. The highest BCUT2D eigenvalue weighted by molar-refractivity contribution is 5.97. The molecule has 0 spiro atoms. The number of hydrogen-bond acceptors (Lipinski definition) is 8. The van der Waals surface area contributed by atoms with Crippen molar-refractivity contribution >= 4 is 17.9 Å². The number of ether oxygens (including phenoxy) is 1. The Morgan fingerprint density at radius 2 is 2.03 bits per heavy atom. The normalized spacial score (nSPS) is 15.2. The molecule has 0 saturated heterocycles. The van der Waals surface area contributed by atoms with Gasteiger partial charge in [0.15, 0.2) is 6.10 Å². The van der Waals surface area contributed by atoms with Gasteiger partial charge in [-0.1, -0.05) is 30.5 Å². The summed E-state index contributed by atoms with van der Waals surface area (Å²) in [6.07, 6.45) is 5.75. The molecule has 0 aromatic carbocycles. The van der Waals surface area contributed by atoms with Gasteiger partial charge in [-0.15, -0.1) is 0 Å². The molecule has 0 radical (unpaired) electrons. The maximum Gasteiger partial charge on any atom is 0.321 e. The molecule has 10 heteroatoms. The molecule has 1 atom stereocenters. The standard InChI is InChI=1S/C20H25N5O5/c1-13(19(27)24-20(28)22-14-7-3-2-4-8-14)29-17(26)11-10-16-23-18(25-30-16)15-9-5-6-12-21-15/h5-6,9,12-14H,2-4,7-8,10-11H2,1H3,(H2,22,24,27,28)/t13-/m1/s1. The molecule has 1 saturated carbocycles. The molecular weight excluding hydrogens is 390 g/mol. The van der Waals surface area contributed by atoms with Crippen LogP contribution in [0, 0.1) is 0 Å². The highest BCUT2D eigenvalue weighted by atomic mass is 16.5. The summed E-state index contributed by atoms with van der Waals surface area (Å²) in [5, 5.41) is 8.81. The van der Waals surface area contributed by atoms with Crippen molar-refractivity contribution < 1.29 is 23.6 Å². The quantitative estimate of drug-likeness (QED) is 0.657. The van der Waals surface area contributed by atoms with Crippen molar-refractivity contribution in [3.8, 4) is 11.5 Å². The first-order valence-corrected chi connectivity index (χ1v) is 10.1. The Labute approximate surface area is 173 Å². The fourth-order valence-corrected chi connectivity index (χ4v) is 3.16. The molecule has 10 nitrogen and oxygen atoms in total. The van der Waals surface area contributed by atoms with Crippen molar-refractivity contribution in [1.29, 1.82) is 0 Å². The monoisotopic (exact) mass is 415 g/mol. The van der Waals surface area contributed by atoms with E-state index in [1.54, 1.807) is 24.4 Å². The van der Waals surface area contributed by atoms with E-state index in [1.807, 2.05) is 0 Å². The van der Waals surface area contributed by atoms with Crippen molar-refractivity contribution in [3.63, 3.8) is 0 Å². The number of esters is 1. The number of nitrogens with one attached hydrogen (secondary N) is 2. The van der Waals surface area contributed by atoms with Crippen molar-refractivity contribution in [3.05, 3.63) is 30.3 Å². The molecule has 3 amide bonds. The summed E-state index contributed by atoms with van der Waals surface area (Å²) in [7, 11) is 0. The second-order valence-electron chi connectivity index (χ2n) is 7.16. The Morgan fingerprint density at radius 1 is 1.23 bits per heavy atom. The topological polar surface area (TPSA) is 136 Å². The van der Waals surface area contributed by atoms with E-state index in [2.05, 4.69) is 25.8 Å². The Bertz CT molecular complexity index is 863. The second kappa shape index (κ2) is 10.5. The third-order valence-electron chi connectivity index (χ3n) is 4.76. The van der Waals surface area contributed by atoms with Crippen LogP contribution >= 0.6 is 0 Å². The molecule has 2 aromatic rings. The van der Waals surface area contributed by atoms with E-state index in [4.69, 9.17) is 9.26 Å². The van der Waals surface area contributed by atoms with Gasteiger partial charge in [-0.25, -0.2) is 4.79 Å². The maximum absolute atomic E-state index is 12.1. The van der Waals surface area contributed by atoms with E-state index >= 15 is 0 Å². The number of carbonyl (C=O) groups is 3. The maximum atomic E-state index is 12.1. The van der Waals surface area contributed by atoms with Gasteiger partial charge in [0.1, 0.15) is 5.69 Å². The molecule has 3 rings (SSSR count). The number of aromatic nitrogens is 3. The smallest absolute Gasteiger partial charge is 0.321 e. The van der Waals surface area contributed by atoms with Gasteiger partial charge >= 0.3 is 12.0 Å². The van der Waals surface area contributed by atoms with Crippen LogP contribution in [0.4, 0.5) is 4.79 Å². The van der Waals surface area contributed by atoms with Gasteiger partial charge in [0, 0.05) is 18.7 Å². The van der Waals surface area contributed by atoms with Crippen molar-refractivity contribution in [1.82, 2.24) is 25.8 Å². The Kier molecular flexibility index (Phi) is 7.47. The zero-order valence-corrected chi connectivity index (χ0v) is 16.8. The zero-order chi connectivity index (χ0) is 21.3. The van der Waals surface area contributed by atoms with Crippen molar-refractivity contribution in [2.24, 2.45) is 0 Å². The lowest BCUT2D eigenvalue weighted by molar-refractivity contribution is -0.154. The van der Waals surface area contributed by atoms with Gasteiger partial charge in [0.25, 0.3) is 5.91 Å². The molecule has 160 valence electrons. The van der Waals surface area contributed by atoms with Gasteiger partial charge in [-0.3, -0.25) is 19.9 Å². The minimum absolute atomic E-state index is 0.0459. The van der Waals surface area contributed by atoms with Gasteiger partial charge in [0.2, 0.25) is 11.7 Å². The molecule has 1 fully saturated rings. The van der Waals surface area contributed by atoms with E-state index in [9.17, 15) is 14.4 Å². The first-order chi connectivity index (χ1) is 14.5. The van der Waals surface area contributed by atoms with Crippen molar-refractivity contribution in [2.75, 3.05) is 0 Å². The molecule has 1 aliphatic carbocycles. The first kappa shape index (κ1) is 21.4. The van der Waals surface area contributed by atoms with Crippen LogP contribution in [0.1, 0.15) is 51.3 Å². The number of hydrogen-bond donors (Lipinski definition) is 2. The molecule has 0 aliphatic heterocycles. The highest BCUT2D eigenvalue weighted by Crippen LogP contribution is 2.17. The third-order valence-corrected chi connectivity index (χ3v) is 4.76. The van der Waals surface area contributed by atoms with Crippen LogP contribution in [0.25, 0.3) is 11.5 Å². The van der Waals surface area contributed by atoms with E-state index in [1.165, 1.54) is 13.3 Å². The number of amides is 3. The van der Waals surface area contributed by atoms with Crippen LogP contribution in [0.2, 0.25) is 0 Å². The average molecular weight is 415 g/mol. The largest absolute Gasteiger partial charge is 0.453 e. The Morgan fingerprint density at radius 3 is 2.77 bits per heavy atom. The minimum Gasteiger partial charge on any atom is -0.453 e. The predicted molar refractivity (Wildman–Crippen MR) is 105 cm³/mol. The molecule has 1 aliphatic rings. The summed E-state index contributed by atoms with van der Waals surface area (Å²) in [5.41, 5.74) is 0.562. The minimum atomic E-state index is -1.10. The summed E-state index contributed by atoms with van der Waals surface area (Å²) in [5.74, 6) is -0.693. The van der Waals surface area contributed by atoms with Crippen LogP contribution in [-0.4, -0.2) is 45.2 Å². The summed E-state index contributed by atoms with van der Waals surface area (Å²) >= 11 is 0. The van der Waals surface area contributed by atoms with Crippen LogP contribution in [-0.2, 0) is 20.7 Å². The lowest BCUT2D eigenvalue weighted by Crippen LogP contribution is -2.48. The van der Waals surface area contributed by atoms with Crippen LogP contribution in [0.3, 0.4) is 0 Å². The van der Waals surface area contributed by atoms with Gasteiger partial charge in [-0.2, -0.15) is 4.98 Å². The Hall–Kier alpha value is -3.30. The van der Waals surface area contributed by atoms with E-state index in [-0.39, 0.29) is 24.8 Å². The number of aryl methyl sites for hydroxylation is 1. The van der Waals surface area contributed by atoms with E-state index < -0.39 is 24.0 Å². The van der Waals surface area contributed by atoms with E-state index in [0.29, 0.717) is 11.5 Å². The Balaban J connectivity index is 1.39. The lowest BCUT2D eigenvalue weighted by atomic mass is 9.96. The molecule has 30 heavy (non-hydrogen) atoms. The molecule has 0 bridgehead atoms. The number of rotatable bonds is 7. The van der Waals surface area contributed by atoms with E-state index in [0.717, 1.165) is 25.7 Å². The number of carbonyl (C=O) groups excluding carboxylic acids is 3. The van der Waals surface area contributed by atoms with Crippen LogP contribution < -0.4 is 10.6 Å². The number of urea groups is 1. The van der Waals surface area contributed by atoms with Gasteiger partial charge in [-0.05, 0) is 31.9 Å². The fraction of sp³-hybridized carbons (Fsp3) is 0.500. The molecule has 2 heterocycles. The summed E-state index contributed by atoms with van der Waals surface area (Å²) < 4.78 is 10.2. The van der Waals surface area contributed by atoms with Gasteiger partial charge in [0.05, 0.1) is 6.42 Å². The van der Waals surface area contributed by atoms with Crippen molar-refractivity contribution in [2.45, 2.75) is 64.0 Å². The zero-order valence-electron chi connectivity index (χ0n) is 16.8. The molecular formula is C20H25N5O5. The first-order valence-electron chi connectivity index (χ1n) is 10.1. The van der Waals surface area contributed by atoms with Crippen LogP contribution in [0.15, 0.2) is 28.9 Å².